The van der Waals surface area contributed by atoms with E-state index in [0.717, 1.165) is 5.82 Å². The molecular formula is C9H15N3O2. The van der Waals surface area contributed by atoms with Crippen LogP contribution in [0.3, 0.4) is 0 Å². The molecule has 0 saturated heterocycles. The summed E-state index contributed by atoms with van der Waals surface area (Å²) in [6.45, 7) is 0.803. The van der Waals surface area contributed by atoms with Crippen molar-refractivity contribution in [3.63, 3.8) is 0 Å². The highest BCUT2D eigenvalue weighted by molar-refractivity contribution is 5.34. The Morgan fingerprint density at radius 2 is 2.43 bits per heavy atom. The maximum atomic E-state index is 9.47. The molecule has 1 aromatic rings. The molecule has 0 aliphatic carbocycles. The summed E-state index contributed by atoms with van der Waals surface area (Å²) in [5.74, 6) is 0.739. The van der Waals surface area contributed by atoms with Crippen LogP contribution in [0.5, 0.6) is 0 Å². The fourth-order valence-electron chi connectivity index (χ4n) is 1.15. The van der Waals surface area contributed by atoms with Gasteiger partial charge in [0.1, 0.15) is 0 Å². The number of aliphatic hydroxyl groups is 1. The third-order valence-electron chi connectivity index (χ3n) is 1.79. The van der Waals surface area contributed by atoms with E-state index in [0.29, 0.717) is 13.2 Å². The minimum Gasteiger partial charge on any atom is -0.389 e. The van der Waals surface area contributed by atoms with Crippen molar-refractivity contribution in [3.8, 4) is 0 Å². The smallest absolute Gasteiger partial charge is 0.151 e. The van der Waals surface area contributed by atoms with Gasteiger partial charge in [-0.25, -0.2) is 0 Å². The van der Waals surface area contributed by atoms with Crippen molar-refractivity contribution < 1.29 is 9.84 Å². The van der Waals surface area contributed by atoms with Gasteiger partial charge in [0.2, 0.25) is 0 Å². The standard InChI is InChI=1S/C9H15N3O2/c1-12(6-8(13)7-14-2)9-4-3-5-10-11-9/h3-5,8,13H,6-7H2,1-2H3. The number of nitrogens with zero attached hydrogens (tertiary/aromatic N) is 3. The minimum atomic E-state index is -0.507. The Labute approximate surface area is 83.3 Å². The van der Waals surface area contributed by atoms with Crippen molar-refractivity contribution >= 4 is 5.82 Å². The average Bonchev–Trinajstić information content (AvgIpc) is 2.19. The summed E-state index contributed by atoms with van der Waals surface area (Å²) in [5.41, 5.74) is 0. The van der Waals surface area contributed by atoms with Gasteiger partial charge in [-0.1, -0.05) is 0 Å². The van der Waals surface area contributed by atoms with Crippen molar-refractivity contribution in [3.05, 3.63) is 18.3 Å². The van der Waals surface area contributed by atoms with Crippen LogP contribution < -0.4 is 4.90 Å². The molecule has 0 aliphatic rings. The van der Waals surface area contributed by atoms with Gasteiger partial charge in [-0.3, -0.25) is 0 Å². The average molecular weight is 197 g/mol. The van der Waals surface area contributed by atoms with Gasteiger partial charge in [0.25, 0.3) is 0 Å². The molecule has 5 heteroatoms. The van der Waals surface area contributed by atoms with E-state index < -0.39 is 6.10 Å². The zero-order valence-corrected chi connectivity index (χ0v) is 8.42. The molecule has 0 bridgehead atoms. The van der Waals surface area contributed by atoms with Crippen LogP contribution in [-0.2, 0) is 4.74 Å². The monoisotopic (exact) mass is 197 g/mol. The summed E-state index contributed by atoms with van der Waals surface area (Å²) in [6.07, 6.45) is 1.11. The topological polar surface area (TPSA) is 58.5 Å². The highest BCUT2D eigenvalue weighted by Gasteiger charge is 2.08. The second-order valence-electron chi connectivity index (χ2n) is 3.07. The van der Waals surface area contributed by atoms with Crippen molar-refractivity contribution in [1.82, 2.24) is 10.2 Å². The largest absolute Gasteiger partial charge is 0.389 e. The second kappa shape index (κ2) is 5.51. The second-order valence-corrected chi connectivity index (χ2v) is 3.07. The predicted octanol–water partition coefficient (Wildman–Crippen LogP) is -0.0799. The van der Waals surface area contributed by atoms with Crippen molar-refractivity contribution in [2.45, 2.75) is 6.10 Å². The highest BCUT2D eigenvalue weighted by atomic mass is 16.5. The van der Waals surface area contributed by atoms with Crippen LogP contribution in [0.2, 0.25) is 0 Å². The molecule has 1 aromatic heterocycles. The van der Waals surface area contributed by atoms with Crippen molar-refractivity contribution in [2.75, 3.05) is 32.2 Å². The summed E-state index contributed by atoms with van der Waals surface area (Å²) in [7, 11) is 3.41. The van der Waals surface area contributed by atoms with Crippen LogP contribution >= 0.6 is 0 Å². The molecule has 0 aliphatic heterocycles. The first kappa shape index (κ1) is 10.9. The molecule has 1 N–H and O–H groups in total. The zero-order chi connectivity index (χ0) is 10.4. The molecule has 5 nitrogen and oxygen atoms in total. The normalized spacial score (nSPS) is 12.5. The van der Waals surface area contributed by atoms with Crippen molar-refractivity contribution in [2.24, 2.45) is 0 Å². The number of anilines is 1. The Balaban J connectivity index is 2.46. The fraction of sp³-hybridized carbons (Fsp3) is 0.556. The molecule has 0 saturated carbocycles. The van der Waals surface area contributed by atoms with E-state index in [9.17, 15) is 5.11 Å². The van der Waals surface area contributed by atoms with E-state index in [1.54, 1.807) is 13.3 Å². The maximum Gasteiger partial charge on any atom is 0.151 e. The number of aliphatic hydroxyl groups excluding tert-OH is 1. The van der Waals surface area contributed by atoms with E-state index in [2.05, 4.69) is 10.2 Å². The quantitative estimate of drug-likeness (QED) is 0.715. The van der Waals surface area contributed by atoms with Gasteiger partial charge >= 0.3 is 0 Å². The van der Waals surface area contributed by atoms with Gasteiger partial charge in [0, 0.05) is 26.9 Å². The molecule has 1 heterocycles. The Kier molecular flexibility index (Phi) is 4.28. The fourth-order valence-corrected chi connectivity index (χ4v) is 1.15. The number of methoxy groups -OCH3 is 1. The number of likely N-dealkylation sites (N-methyl/N-ethyl adjacent to an activating group) is 1. The maximum absolute atomic E-state index is 9.47. The molecule has 0 fully saturated rings. The van der Waals surface area contributed by atoms with E-state index in [1.165, 1.54) is 0 Å². The van der Waals surface area contributed by atoms with Crippen LogP contribution in [-0.4, -0.2) is 48.7 Å². The Hall–Kier alpha value is -1.20. The summed E-state index contributed by atoms with van der Waals surface area (Å²) in [4.78, 5) is 1.83. The lowest BCUT2D eigenvalue weighted by molar-refractivity contribution is 0.0694. The minimum absolute atomic E-state index is 0.324. The molecule has 0 radical (unpaired) electrons. The summed E-state index contributed by atoms with van der Waals surface area (Å²) >= 11 is 0. The lowest BCUT2D eigenvalue weighted by Crippen LogP contribution is -2.32. The molecular weight excluding hydrogens is 182 g/mol. The Morgan fingerprint density at radius 3 is 3.00 bits per heavy atom. The zero-order valence-electron chi connectivity index (χ0n) is 8.42. The predicted molar refractivity (Wildman–Crippen MR) is 53.2 cm³/mol. The number of ether oxygens (including phenoxy) is 1. The van der Waals surface area contributed by atoms with Crippen molar-refractivity contribution in [1.29, 1.82) is 0 Å². The Morgan fingerprint density at radius 1 is 1.64 bits per heavy atom. The third-order valence-corrected chi connectivity index (χ3v) is 1.79. The van der Waals surface area contributed by atoms with Gasteiger partial charge in [-0.2, -0.15) is 5.10 Å². The van der Waals surface area contributed by atoms with Gasteiger partial charge in [0.15, 0.2) is 5.82 Å². The molecule has 78 valence electrons. The molecule has 0 amide bonds. The van der Waals surface area contributed by atoms with Gasteiger partial charge in [-0.05, 0) is 12.1 Å². The summed E-state index contributed by atoms with van der Waals surface area (Å²) < 4.78 is 4.83. The lowest BCUT2D eigenvalue weighted by atomic mass is 10.3. The molecule has 14 heavy (non-hydrogen) atoms. The first-order valence-corrected chi connectivity index (χ1v) is 4.40. The van der Waals surface area contributed by atoms with Gasteiger partial charge in [-0.15, -0.1) is 5.10 Å². The molecule has 1 atom stereocenters. The van der Waals surface area contributed by atoms with E-state index in [1.807, 2.05) is 24.1 Å². The lowest BCUT2D eigenvalue weighted by Gasteiger charge is -2.20. The van der Waals surface area contributed by atoms with Crippen LogP contribution in [0.15, 0.2) is 18.3 Å². The van der Waals surface area contributed by atoms with Crippen LogP contribution in [0, 0.1) is 0 Å². The van der Waals surface area contributed by atoms with Gasteiger partial charge in [0.05, 0.1) is 12.7 Å². The van der Waals surface area contributed by atoms with Gasteiger partial charge < -0.3 is 14.7 Å². The summed E-state index contributed by atoms with van der Waals surface area (Å²) in [5, 5.41) is 17.1. The van der Waals surface area contributed by atoms with E-state index >= 15 is 0 Å². The van der Waals surface area contributed by atoms with Crippen LogP contribution in [0.4, 0.5) is 5.82 Å². The van der Waals surface area contributed by atoms with E-state index in [4.69, 9.17) is 4.74 Å². The molecule has 0 aromatic carbocycles. The first-order valence-electron chi connectivity index (χ1n) is 4.40. The van der Waals surface area contributed by atoms with E-state index in [-0.39, 0.29) is 0 Å². The number of hydrogen-bond donors (Lipinski definition) is 1. The Bertz CT molecular complexity index is 255. The molecule has 1 rings (SSSR count). The van der Waals surface area contributed by atoms with Crippen LogP contribution in [0.1, 0.15) is 0 Å². The number of rotatable bonds is 5. The summed E-state index contributed by atoms with van der Waals surface area (Å²) in [6, 6.07) is 3.65. The SMILES string of the molecule is COCC(O)CN(C)c1cccnn1. The molecule has 0 spiro atoms. The van der Waals surface area contributed by atoms with Crippen LogP contribution in [0.25, 0.3) is 0 Å². The third kappa shape index (κ3) is 3.27. The number of aromatic nitrogens is 2. The first-order chi connectivity index (χ1) is 6.74. The molecule has 1 unspecified atom stereocenters. The highest BCUT2D eigenvalue weighted by Crippen LogP contribution is 2.05. The number of hydrogen-bond acceptors (Lipinski definition) is 5.